The molecule has 0 saturated carbocycles. The van der Waals surface area contributed by atoms with E-state index in [9.17, 15) is 19.7 Å². The van der Waals surface area contributed by atoms with Crippen LogP contribution in [0.5, 0.6) is 5.75 Å². The number of non-ortho nitro benzene ring substituents is 1. The zero-order valence-corrected chi connectivity index (χ0v) is 15.3. The van der Waals surface area contributed by atoms with Gasteiger partial charge in [0.15, 0.2) is 5.37 Å². The quantitative estimate of drug-likeness (QED) is 0.572. The van der Waals surface area contributed by atoms with E-state index in [4.69, 9.17) is 4.74 Å². The summed E-state index contributed by atoms with van der Waals surface area (Å²) >= 11 is 0.905. The third-order valence-electron chi connectivity index (χ3n) is 3.88. The highest BCUT2D eigenvalue weighted by Gasteiger charge is 2.39. The van der Waals surface area contributed by atoms with Crippen molar-refractivity contribution >= 4 is 34.3 Å². The van der Waals surface area contributed by atoms with Crippen molar-refractivity contribution in [2.45, 2.75) is 18.8 Å². The number of nitrogens with zero attached hydrogens (tertiary/aromatic N) is 2. The molecule has 2 aromatic rings. The molecule has 1 N–H and O–H groups in total. The number of nitro groups is 1. The fourth-order valence-corrected chi connectivity index (χ4v) is 3.46. The summed E-state index contributed by atoms with van der Waals surface area (Å²) in [7, 11) is 0. The number of carbonyl (C=O) groups excluding carboxylic acids is 2. The number of thioether (sulfide) groups is 1. The summed E-state index contributed by atoms with van der Waals surface area (Å²) in [5, 5.41) is 12.7. The van der Waals surface area contributed by atoms with Gasteiger partial charge in [-0.2, -0.15) is 0 Å². The Bertz CT molecular complexity index is 854. The molecule has 1 atom stereocenters. The van der Waals surface area contributed by atoms with Crippen molar-refractivity contribution in [2.24, 2.45) is 0 Å². The van der Waals surface area contributed by atoms with Gasteiger partial charge < -0.3 is 10.1 Å². The van der Waals surface area contributed by atoms with Gasteiger partial charge in [-0.1, -0.05) is 12.1 Å². The molecule has 3 rings (SSSR count). The van der Waals surface area contributed by atoms with Crippen molar-refractivity contribution in [1.82, 2.24) is 4.90 Å². The van der Waals surface area contributed by atoms with E-state index < -0.39 is 10.3 Å². The van der Waals surface area contributed by atoms with E-state index in [2.05, 4.69) is 5.32 Å². The average molecular weight is 387 g/mol. The molecule has 0 aliphatic carbocycles. The van der Waals surface area contributed by atoms with Crippen molar-refractivity contribution in [1.29, 1.82) is 0 Å². The summed E-state index contributed by atoms with van der Waals surface area (Å²) in [6.07, 6.45) is 0. The number of rotatable bonds is 7. The van der Waals surface area contributed by atoms with Gasteiger partial charge in [0.05, 0.1) is 18.1 Å². The number of ether oxygens (including phenoxy) is 1. The van der Waals surface area contributed by atoms with Gasteiger partial charge in [0, 0.05) is 17.8 Å². The normalized spacial score (nSPS) is 16.5. The van der Waals surface area contributed by atoms with Crippen molar-refractivity contribution < 1.29 is 19.2 Å². The molecule has 140 valence electrons. The van der Waals surface area contributed by atoms with E-state index >= 15 is 0 Å². The maximum Gasteiger partial charge on any atom is 0.291 e. The number of imide groups is 1. The molecule has 1 aliphatic rings. The molecular weight excluding hydrogens is 370 g/mol. The van der Waals surface area contributed by atoms with Crippen molar-refractivity contribution in [3.05, 3.63) is 64.2 Å². The van der Waals surface area contributed by atoms with Gasteiger partial charge in [0.25, 0.3) is 16.8 Å². The Morgan fingerprint density at radius 2 is 1.81 bits per heavy atom. The van der Waals surface area contributed by atoms with Crippen LogP contribution in [0, 0.1) is 10.1 Å². The second kappa shape index (κ2) is 8.09. The lowest BCUT2D eigenvalue weighted by atomic mass is 10.2. The molecule has 1 fully saturated rings. The van der Waals surface area contributed by atoms with Crippen LogP contribution in [0.4, 0.5) is 16.2 Å². The second-order valence-corrected chi connectivity index (χ2v) is 6.77. The zero-order chi connectivity index (χ0) is 19.4. The smallest absolute Gasteiger partial charge is 0.291 e. The SMILES string of the molecule is CCOc1ccc(N[C@@H]2SC(=O)N(Cc3ccc([N+](=O)[O-])cc3)C2=O)cc1. The summed E-state index contributed by atoms with van der Waals surface area (Å²) in [4.78, 5) is 36.1. The van der Waals surface area contributed by atoms with Crippen LogP contribution in [-0.4, -0.2) is 33.0 Å². The Morgan fingerprint density at radius 1 is 1.15 bits per heavy atom. The van der Waals surface area contributed by atoms with Crippen LogP contribution in [0.25, 0.3) is 0 Å². The lowest BCUT2D eigenvalue weighted by molar-refractivity contribution is -0.384. The molecule has 0 aromatic heterocycles. The van der Waals surface area contributed by atoms with E-state index in [0.29, 0.717) is 17.9 Å². The van der Waals surface area contributed by atoms with E-state index in [1.165, 1.54) is 24.3 Å². The molecule has 1 saturated heterocycles. The third kappa shape index (κ3) is 4.37. The molecule has 0 unspecified atom stereocenters. The molecule has 0 radical (unpaired) electrons. The number of hydrogen-bond acceptors (Lipinski definition) is 7. The minimum absolute atomic E-state index is 0.0396. The highest BCUT2D eigenvalue weighted by atomic mass is 32.2. The summed E-state index contributed by atoms with van der Waals surface area (Å²) in [6.45, 7) is 2.53. The van der Waals surface area contributed by atoms with Gasteiger partial charge in [-0.25, -0.2) is 0 Å². The molecule has 27 heavy (non-hydrogen) atoms. The van der Waals surface area contributed by atoms with Gasteiger partial charge in [0.2, 0.25) is 0 Å². The minimum atomic E-state index is -0.714. The standard InChI is InChI=1S/C18H17N3O5S/c1-2-26-15-9-5-13(6-10-15)19-16-17(22)20(18(23)27-16)11-12-3-7-14(8-4-12)21(24)25/h3-10,16,19H,2,11H2,1H3/t16-/m1/s1. The molecule has 0 bridgehead atoms. The van der Waals surface area contributed by atoms with Crippen molar-refractivity contribution in [2.75, 3.05) is 11.9 Å². The fraction of sp³-hybridized carbons (Fsp3) is 0.222. The van der Waals surface area contributed by atoms with Crippen LogP contribution in [0.3, 0.4) is 0 Å². The molecule has 8 nitrogen and oxygen atoms in total. The lowest BCUT2D eigenvalue weighted by Crippen LogP contribution is -2.33. The predicted molar refractivity (Wildman–Crippen MR) is 102 cm³/mol. The van der Waals surface area contributed by atoms with Crippen molar-refractivity contribution in [3.8, 4) is 5.75 Å². The number of anilines is 1. The van der Waals surface area contributed by atoms with Gasteiger partial charge in [-0.15, -0.1) is 0 Å². The van der Waals surface area contributed by atoms with E-state index in [1.54, 1.807) is 24.3 Å². The van der Waals surface area contributed by atoms with Crippen LogP contribution in [0.1, 0.15) is 12.5 Å². The Hall–Kier alpha value is -3.07. The first-order valence-corrected chi connectivity index (χ1v) is 9.10. The first kappa shape index (κ1) is 18.7. The molecule has 2 amide bonds. The highest BCUT2D eigenvalue weighted by Crippen LogP contribution is 2.30. The van der Waals surface area contributed by atoms with E-state index in [1.807, 2.05) is 6.92 Å². The topological polar surface area (TPSA) is 102 Å². The number of nitrogens with one attached hydrogen (secondary N) is 1. The Morgan fingerprint density at radius 3 is 2.41 bits per heavy atom. The maximum atomic E-state index is 12.6. The van der Waals surface area contributed by atoms with Gasteiger partial charge in [-0.3, -0.25) is 24.6 Å². The Labute approximate surface area is 159 Å². The number of carbonyl (C=O) groups is 2. The van der Waals surface area contributed by atoms with E-state index in [0.717, 1.165) is 22.4 Å². The third-order valence-corrected chi connectivity index (χ3v) is 4.86. The molecule has 0 spiro atoms. The number of amides is 2. The molecule has 9 heteroatoms. The number of nitro benzene ring substituents is 1. The fourth-order valence-electron chi connectivity index (χ4n) is 2.55. The zero-order valence-electron chi connectivity index (χ0n) is 14.5. The Kier molecular flexibility index (Phi) is 5.60. The van der Waals surface area contributed by atoms with Crippen LogP contribution in [0.15, 0.2) is 48.5 Å². The van der Waals surface area contributed by atoms with Crippen LogP contribution in [-0.2, 0) is 11.3 Å². The molecule has 2 aromatic carbocycles. The highest BCUT2D eigenvalue weighted by molar-refractivity contribution is 8.15. The average Bonchev–Trinajstić information content (AvgIpc) is 2.91. The summed E-state index contributed by atoms with van der Waals surface area (Å²) < 4.78 is 5.37. The van der Waals surface area contributed by atoms with Gasteiger partial charge >= 0.3 is 0 Å². The van der Waals surface area contributed by atoms with Crippen LogP contribution in [0.2, 0.25) is 0 Å². The van der Waals surface area contributed by atoms with Gasteiger partial charge in [0.1, 0.15) is 5.75 Å². The molecule has 1 heterocycles. The Balaban J connectivity index is 1.64. The van der Waals surface area contributed by atoms with Crippen LogP contribution < -0.4 is 10.1 Å². The minimum Gasteiger partial charge on any atom is -0.494 e. The first-order valence-electron chi connectivity index (χ1n) is 8.22. The monoisotopic (exact) mass is 387 g/mol. The number of hydrogen-bond donors (Lipinski definition) is 1. The lowest BCUT2D eigenvalue weighted by Gasteiger charge is -2.15. The molecular formula is C18H17N3O5S. The summed E-state index contributed by atoms with van der Waals surface area (Å²) in [5.41, 5.74) is 1.31. The predicted octanol–water partition coefficient (Wildman–Crippen LogP) is 3.63. The largest absolute Gasteiger partial charge is 0.494 e. The van der Waals surface area contributed by atoms with Crippen LogP contribution >= 0.6 is 11.8 Å². The molecule has 1 aliphatic heterocycles. The van der Waals surface area contributed by atoms with Gasteiger partial charge in [-0.05, 0) is 48.5 Å². The maximum absolute atomic E-state index is 12.6. The first-order chi connectivity index (χ1) is 13.0. The van der Waals surface area contributed by atoms with Crippen molar-refractivity contribution in [3.63, 3.8) is 0 Å². The summed E-state index contributed by atoms with van der Waals surface area (Å²) in [5.74, 6) is 0.376. The van der Waals surface area contributed by atoms with E-state index in [-0.39, 0.29) is 23.4 Å². The summed E-state index contributed by atoms with van der Waals surface area (Å²) in [6, 6.07) is 12.9. The second-order valence-electron chi connectivity index (χ2n) is 5.71. The number of benzene rings is 2.